The van der Waals surface area contributed by atoms with Gasteiger partial charge in [-0.05, 0) is 55.1 Å². The molecule has 1 fully saturated rings. The molecule has 0 aliphatic carbocycles. The number of nitrogens with zero attached hydrogens (tertiary/aromatic N) is 2. The summed E-state index contributed by atoms with van der Waals surface area (Å²) in [7, 11) is 1.75. The number of hydrogen-bond acceptors (Lipinski definition) is 4. The maximum atomic E-state index is 14.3. The number of aromatic nitrogens is 1. The molecule has 5 rings (SSSR count). The van der Waals surface area contributed by atoms with Crippen molar-refractivity contribution in [1.82, 2.24) is 9.88 Å². The van der Waals surface area contributed by atoms with Gasteiger partial charge in [0.05, 0.1) is 5.92 Å². The highest BCUT2D eigenvalue weighted by molar-refractivity contribution is 6.11. The van der Waals surface area contributed by atoms with Gasteiger partial charge in [-0.15, -0.1) is 0 Å². The highest BCUT2D eigenvalue weighted by Gasteiger charge is 2.64. The number of likely N-dealkylation sites (tertiary alicyclic amines) is 1. The Morgan fingerprint density at radius 3 is 2.55 bits per heavy atom. The number of likely N-dealkylation sites (N-methyl/N-ethyl adjacent to an activating group) is 1. The molecule has 3 unspecified atom stereocenters. The fourth-order valence-electron chi connectivity index (χ4n) is 5.09. The normalized spacial score (nSPS) is 24.9. The first kappa shape index (κ1) is 19.5. The third-order valence-corrected chi connectivity index (χ3v) is 6.41. The summed E-state index contributed by atoms with van der Waals surface area (Å²) in [6.45, 7) is 0.359. The number of pyridine rings is 1. The molecular formula is C24H19F2N3O2. The Bertz CT molecular complexity index is 1180. The van der Waals surface area contributed by atoms with Gasteiger partial charge in [-0.2, -0.15) is 0 Å². The molecule has 3 heterocycles. The van der Waals surface area contributed by atoms with Crippen molar-refractivity contribution in [2.24, 2.45) is 5.92 Å². The van der Waals surface area contributed by atoms with Crippen LogP contribution in [-0.2, 0) is 10.3 Å². The van der Waals surface area contributed by atoms with Gasteiger partial charge >= 0.3 is 0 Å². The number of ketones is 1. The number of rotatable bonds is 3. The minimum absolute atomic E-state index is 0.229. The van der Waals surface area contributed by atoms with E-state index in [1.54, 1.807) is 42.3 Å². The van der Waals surface area contributed by atoms with Crippen molar-refractivity contribution in [3.63, 3.8) is 0 Å². The maximum absolute atomic E-state index is 14.3. The molecule has 1 spiro atoms. The molecule has 156 valence electrons. The van der Waals surface area contributed by atoms with Crippen LogP contribution >= 0.6 is 0 Å². The Morgan fingerprint density at radius 2 is 1.84 bits per heavy atom. The molecule has 0 saturated carbocycles. The largest absolute Gasteiger partial charge is 0.324 e. The molecule has 0 radical (unpaired) electrons. The Labute approximate surface area is 177 Å². The van der Waals surface area contributed by atoms with Crippen LogP contribution in [0.3, 0.4) is 0 Å². The van der Waals surface area contributed by atoms with Gasteiger partial charge in [0.25, 0.3) is 0 Å². The zero-order valence-corrected chi connectivity index (χ0v) is 16.7. The highest BCUT2D eigenvalue weighted by Crippen LogP contribution is 2.55. The van der Waals surface area contributed by atoms with Crippen LogP contribution in [0.1, 0.15) is 27.5 Å². The Hall–Kier alpha value is -3.45. The Morgan fingerprint density at radius 1 is 1.10 bits per heavy atom. The standard InChI is InChI=1S/C24H19F2N3O2/c1-29-13-17(14-5-7-15(25)8-6-14)21(22(30)20-4-2-3-11-27-20)24(29)18-12-16(26)9-10-19(18)28-23(24)31/h2-12,17,21H,13H2,1H3,(H,28,31). The summed E-state index contributed by atoms with van der Waals surface area (Å²) in [6, 6.07) is 15.1. The molecule has 1 amide bonds. The van der Waals surface area contributed by atoms with Gasteiger partial charge in [0.2, 0.25) is 5.91 Å². The minimum atomic E-state index is -1.40. The molecule has 1 saturated heterocycles. The Balaban J connectivity index is 1.74. The van der Waals surface area contributed by atoms with Crippen LogP contribution in [0.4, 0.5) is 14.5 Å². The first-order valence-electron chi connectivity index (χ1n) is 9.96. The van der Waals surface area contributed by atoms with E-state index >= 15 is 0 Å². The summed E-state index contributed by atoms with van der Waals surface area (Å²) in [6.07, 6.45) is 1.52. The molecule has 3 atom stereocenters. The van der Waals surface area contributed by atoms with Crippen molar-refractivity contribution in [2.75, 3.05) is 18.9 Å². The van der Waals surface area contributed by atoms with Crippen LogP contribution in [0.15, 0.2) is 66.9 Å². The second-order valence-electron chi connectivity index (χ2n) is 8.01. The number of benzene rings is 2. The number of amides is 1. The third-order valence-electron chi connectivity index (χ3n) is 6.41. The average molecular weight is 419 g/mol. The van der Waals surface area contributed by atoms with Crippen molar-refractivity contribution in [2.45, 2.75) is 11.5 Å². The second-order valence-corrected chi connectivity index (χ2v) is 8.01. The van der Waals surface area contributed by atoms with Gasteiger partial charge in [-0.1, -0.05) is 18.2 Å². The molecule has 0 bridgehead atoms. The van der Waals surface area contributed by atoms with E-state index in [1.165, 1.54) is 36.5 Å². The number of carbonyl (C=O) groups excluding carboxylic acids is 2. The summed E-state index contributed by atoms with van der Waals surface area (Å²) in [5, 5.41) is 2.83. The molecule has 1 N–H and O–H groups in total. The van der Waals surface area contributed by atoms with Gasteiger partial charge in [-0.25, -0.2) is 8.78 Å². The van der Waals surface area contributed by atoms with E-state index in [0.29, 0.717) is 17.8 Å². The molecule has 5 nitrogen and oxygen atoms in total. The number of anilines is 1. The predicted octanol–water partition coefficient (Wildman–Crippen LogP) is 3.74. The van der Waals surface area contributed by atoms with Crippen molar-refractivity contribution >= 4 is 17.4 Å². The molecular weight excluding hydrogens is 400 g/mol. The SMILES string of the molecule is CN1CC(c2ccc(F)cc2)C(C(=O)c2ccccn2)C12C(=O)Nc1ccc(F)cc12. The molecule has 2 aliphatic heterocycles. The molecule has 7 heteroatoms. The zero-order chi connectivity index (χ0) is 21.8. The van der Waals surface area contributed by atoms with Gasteiger partial charge < -0.3 is 5.32 Å². The summed E-state index contributed by atoms with van der Waals surface area (Å²) in [4.78, 5) is 33.3. The first-order valence-corrected chi connectivity index (χ1v) is 9.96. The molecule has 2 aliphatic rings. The van der Waals surface area contributed by atoms with E-state index < -0.39 is 23.2 Å². The lowest BCUT2D eigenvalue weighted by Gasteiger charge is -2.35. The topological polar surface area (TPSA) is 62.3 Å². The monoisotopic (exact) mass is 419 g/mol. The van der Waals surface area contributed by atoms with Gasteiger partial charge in [0.1, 0.15) is 22.9 Å². The van der Waals surface area contributed by atoms with E-state index in [1.807, 2.05) is 0 Å². The predicted molar refractivity (Wildman–Crippen MR) is 111 cm³/mol. The summed E-state index contributed by atoms with van der Waals surface area (Å²) < 4.78 is 27.8. The number of fused-ring (bicyclic) bond motifs is 2. The number of Topliss-reactive ketones (excluding diaryl/α,β-unsaturated/α-hetero) is 1. The Kier molecular flexibility index (Phi) is 4.44. The summed E-state index contributed by atoms with van der Waals surface area (Å²) in [5.41, 5.74) is 0.477. The van der Waals surface area contributed by atoms with E-state index in [4.69, 9.17) is 0 Å². The maximum Gasteiger partial charge on any atom is 0.250 e. The van der Waals surface area contributed by atoms with Crippen LogP contribution in [0.5, 0.6) is 0 Å². The quantitative estimate of drug-likeness (QED) is 0.657. The van der Waals surface area contributed by atoms with Crippen LogP contribution in [0, 0.1) is 17.6 Å². The molecule has 2 aromatic carbocycles. The second kappa shape index (κ2) is 7.06. The highest BCUT2D eigenvalue weighted by atomic mass is 19.1. The van der Waals surface area contributed by atoms with Crippen molar-refractivity contribution in [1.29, 1.82) is 0 Å². The minimum Gasteiger partial charge on any atom is -0.324 e. The van der Waals surface area contributed by atoms with Gasteiger partial charge in [-0.3, -0.25) is 19.5 Å². The number of hydrogen-bond donors (Lipinski definition) is 1. The fourth-order valence-corrected chi connectivity index (χ4v) is 5.09. The first-order chi connectivity index (χ1) is 14.9. The van der Waals surface area contributed by atoms with E-state index in [9.17, 15) is 18.4 Å². The molecule has 31 heavy (non-hydrogen) atoms. The summed E-state index contributed by atoms with van der Waals surface area (Å²) in [5.74, 6) is -2.86. The summed E-state index contributed by atoms with van der Waals surface area (Å²) >= 11 is 0. The zero-order valence-electron chi connectivity index (χ0n) is 16.7. The molecule has 1 aromatic heterocycles. The van der Waals surface area contributed by atoms with Gasteiger partial charge in [0, 0.05) is 29.9 Å². The number of carbonyl (C=O) groups is 2. The van der Waals surface area contributed by atoms with E-state index in [0.717, 1.165) is 5.56 Å². The number of halogens is 2. The van der Waals surface area contributed by atoms with Crippen LogP contribution < -0.4 is 5.32 Å². The van der Waals surface area contributed by atoms with E-state index in [-0.39, 0.29) is 23.2 Å². The van der Waals surface area contributed by atoms with Crippen molar-refractivity contribution in [3.05, 3.63) is 95.3 Å². The van der Waals surface area contributed by atoms with E-state index in [2.05, 4.69) is 10.3 Å². The lowest BCUT2D eigenvalue weighted by atomic mass is 9.71. The van der Waals surface area contributed by atoms with Crippen molar-refractivity contribution < 1.29 is 18.4 Å². The van der Waals surface area contributed by atoms with Crippen molar-refractivity contribution in [3.8, 4) is 0 Å². The van der Waals surface area contributed by atoms with Crippen LogP contribution in [-0.4, -0.2) is 35.2 Å². The number of nitrogens with one attached hydrogen (secondary N) is 1. The molecule has 3 aromatic rings. The lowest BCUT2D eigenvalue weighted by molar-refractivity contribution is -0.126. The third kappa shape index (κ3) is 2.80. The lowest BCUT2D eigenvalue weighted by Crippen LogP contribution is -2.51. The average Bonchev–Trinajstić information content (AvgIpc) is 3.24. The van der Waals surface area contributed by atoms with Gasteiger partial charge in [0.15, 0.2) is 5.78 Å². The van der Waals surface area contributed by atoms with Crippen LogP contribution in [0.2, 0.25) is 0 Å². The van der Waals surface area contributed by atoms with Crippen LogP contribution in [0.25, 0.3) is 0 Å². The smallest absolute Gasteiger partial charge is 0.250 e. The fraction of sp³-hybridized carbons (Fsp3) is 0.208.